The number of hydrogen-bond acceptors (Lipinski definition) is 4. The Hall–Kier alpha value is -2.08. The van der Waals surface area contributed by atoms with Crippen LogP contribution in [0.1, 0.15) is 23.7 Å². The first-order valence-electron chi connectivity index (χ1n) is 8.07. The molecule has 0 atom stereocenters. The van der Waals surface area contributed by atoms with Gasteiger partial charge in [0.2, 0.25) is 5.91 Å². The van der Waals surface area contributed by atoms with E-state index in [-0.39, 0.29) is 18.4 Å². The summed E-state index contributed by atoms with van der Waals surface area (Å²) in [6, 6.07) is 7.05. The lowest BCUT2D eigenvalue weighted by atomic mass is 10.1. The van der Waals surface area contributed by atoms with Crippen LogP contribution < -0.4 is 10.1 Å². The molecule has 0 saturated carbocycles. The molecule has 1 heterocycles. The molecule has 1 saturated heterocycles. The highest BCUT2D eigenvalue weighted by Crippen LogP contribution is 2.15. The highest BCUT2D eigenvalue weighted by Gasteiger charge is 2.22. The fraction of sp³-hybridized carbons (Fsp3) is 0.529. The van der Waals surface area contributed by atoms with Crippen molar-refractivity contribution >= 4 is 11.8 Å². The molecular formula is C17H25N3O3. The molecule has 0 aromatic heterocycles. The van der Waals surface area contributed by atoms with Crippen LogP contribution in [0.15, 0.2) is 24.3 Å². The third-order valence-corrected chi connectivity index (χ3v) is 3.89. The lowest BCUT2D eigenvalue weighted by Gasteiger charge is -2.30. The Morgan fingerprint density at radius 2 is 2.04 bits per heavy atom. The molecule has 0 aliphatic carbocycles. The van der Waals surface area contributed by atoms with Gasteiger partial charge in [-0.05, 0) is 24.6 Å². The van der Waals surface area contributed by atoms with Crippen molar-refractivity contribution in [3.63, 3.8) is 0 Å². The van der Waals surface area contributed by atoms with Crippen LogP contribution >= 0.6 is 0 Å². The molecule has 126 valence electrons. The predicted octanol–water partition coefficient (Wildman–Crippen LogP) is 0.979. The van der Waals surface area contributed by atoms with Gasteiger partial charge in [-0.15, -0.1) is 0 Å². The summed E-state index contributed by atoms with van der Waals surface area (Å²) in [4.78, 5) is 28.6. The van der Waals surface area contributed by atoms with Crippen molar-refractivity contribution in [3.05, 3.63) is 29.8 Å². The Bertz CT molecular complexity index is 542. The van der Waals surface area contributed by atoms with Crippen LogP contribution in [0, 0.1) is 0 Å². The largest absolute Gasteiger partial charge is 0.497 e. The lowest BCUT2D eigenvalue weighted by Crippen LogP contribution is -2.50. The Morgan fingerprint density at radius 1 is 1.30 bits per heavy atom. The number of nitrogens with zero attached hydrogens (tertiary/aromatic N) is 2. The van der Waals surface area contributed by atoms with Crippen LogP contribution in [0.5, 0.6) is 5.75 Å². The third kappa shape index (κ3) is 4.69. The molecule has 0 spiro atoms. The van der Waals surface area contributed by atoms with Gasteiger partial charge in [-0.2, -0.15) is 0 Å². The molecule has 0 bridgehead atoms. The van der Waals surface area contributed by atoms with E-state index in [1.54, 1.807) is 36.3 Å². The van der Waals surface area contributed by atoms with Crippen molar-refractivity contribution in [2.75, 3.05) is 46.4 Å². The number of benzene rings is 1. The summed E-state index contributed by atoms with van der Waals surface area (Å²) in [6.45, 7) is 5.71. The molecule has 6 heteroatoms. The number of piperazine rings is 1. The number of hydrogen-bond donors (Lipinski definition) is 1. The van der Waals surface area contributed by atoms with Crippen LogP contribution in [0.2, 0.25) is 0 Å². The fourth-order valence-electron chi connectivity index (χ4n) is 2.64. The second-order valence-corrected chi connectivity index (χ2v) is 5.59. The monoisotopic (exact) mass is 319 g/mol. The molecule has 6 nitrogen and oxygen atoms in total. The van der Waals surface area contributed by atoms with Gasteiger partial charge in [0.1, 0.15) is 12.3 Å². The number of carbonyl (C=O) groups excluding carboxylic acids is 2. The van der Waals surface area contributed by atoms with Gasteiger partial charge in [-0.25, -0.2) is 0 Å². The summed E-state index contributed by atoms with van der Waals surface area (Å²) in [5, 5.41) is 3.22. The standard InChI is InChI=1S/C17H25N3O3/c1-3-9-20(13-16(21)19-10-7-18-8-11-19)17(22)14-5-4-6-15(12-14)23-2/h4-6,12,18H,3,7-11,13H2,1-2H3. The van der Waals surface area contributed by atoms with E-state index in [9.17, 15) is 9.59 Å². The number of methoxy groups -OCH3 is 1. The normalized spacial score (nSPS) is 14.4. The van der Waals surface area contributed by atoms with Crippen molar-refractivity contribution in [1.29, 1.82) is 0 Å². The van der Waals surface area contributed by atoms with Gasteiger partial charge in [-0.1, -0.05) is 13.0 Å². The zero-order chi connectivity index (χ0) is 16.7. The highest BCUT2D eigenvalue weighted by atomic mass is 16.5. The minimum absolute atomic E-state index is 0.0104. The van der Waals surface area contributed by atoms with Crippen LogP contribution in [0.25, 0.3) is 0 Å². The quantitative estimate of drug-likeness (QED) is 0.849. The van der Waals surface area contributed by atoms with Crippen molar-refractivity contribution in [1.82, 2.24) is 15.1 Å². The van der Waals surface area contributed by atoms with Gasteiger partial charge in [0.05, 0.1) is 7.11 Å². The number of rotatable bonds is 6. The Labute approximate surface area is 137 Å². The minimum Gasteiger partial charge on any atom is -0.497 e. The fourth-order valence-corrected chi connectivity index (χ4v) is 2.64. The third-order valence-electron chi connectivity index (χ3n) is 3.89. The van der Waals surface area contributed by atoms with Gasteiger partial charge in [0.15, 0.2) is 0 Å². The lowest BCUT2D eigenvalue weighted by molar-refractivity contribution is -0.132. The van der Waals surface area contributed by atoms with E-state index >= 15 is 0 Å². The van der Waals surface area contributed by atoms with Crippen LogP contribution in [0.4, 0.5) is 0 Å². The predicted molar refractivity (Wildman–Crippen MR) is 88.6 cm³/mol. The molecule has 1 aliphatic rings. The summed E-state index contributed by atoms with van der Waals surface area (Å²) < 4.78 is 5.17. The molecule has 0 radical (unpaired) electrons. The molecule has 2 amide bonds. The van der Waals surface area contributed by atoms with E-state index in [1.165, 1.54) is 0 Å². The Balaban J connectivity index is 2.06. The smallest absolute Gasteiger partial charge is 0.254 e. The van der Waals surface area contributed by atoms with Gasteiger partial charge in [0.25, 0.3) is 5.91 Å². The Kier molecular flexibility index (Phi) is 6.40. The maximum atomic E-state index is 12.7. The molecular weight excluding hydrogens is 294 g/mol. The van der Waals surface area contributed by atoms with E-state index in [0.29, 0.717) is 30.9 Å². The number of carbonyl (C=O) groups is 2. The molecule has 1 N–H and O–H groups in total. The molecule has 0 unspecified atom stereocenters. The number of nitrogens with one attached hydrogen (secondary N) is 1. The van der Waals surface area contributed by atoms with Crippen molar-refractivity contribution in [2.45, 2.75) is 13.3 Å². The summed E-state index contributed by atoms with van der Waals surface area (Å²) in [5.74, 6) is 0.520. The second-order valence-electron chi connectivity index (χ2n) is 5.59. The van der Waals surface area contributed by atoms with Crippen molar-refractivity contribution in [3.8, 4) is 5.75 Å². The molecule has 2 rings (SSSR count). The summed E-state index contributed by atoms with van der Waals surface area (Å²) in [6.07, 6.45) is 0.810. The topological polar surface area (TPSA) is 61.9 Å². The number of amides is 2. The highest BCUT2D eigenvalue weighted by molar-refractivity contribution is 5.96. The van der Waals surface area contributed by atoms with E-state index in [2.05, 4.69) is 5.32 Å². The molecule has 1 fully saturated rings. The summed E-state index contributed by atoms with van der Waals surface area (Å²) in [7, 11) is 1.57. The first-order valence-corrected chi connectivity index (χ1v) is 8.07. The van der Waals surface area contributed by atoms with Gasteiger partial charge >= 0.3 is 0 Å². The van der Waals surface area contributed by atoms with Crippen LogP contribution in [0.3, 0.4) is 0 Å². The first-order chi connectivity index (χ1) is 11.2. The maximum absolute atomic E-state index is 12.7. The molecule has 1 aromatic carbocycles. The maximum Gasteiger partial charge on any atom is 0.254 e. The van der Waals surface area contributed by atoms with E-state index in [0.717, 1.165) is 19.5 Å². The van der Waals surface area contributed by atoms with Gasteiger partial charge < -0.3 is 19.9 Å². The molecule has 1 aromatic rings. The van der Waals surface area contributed by atoms with Crippen molar-refractivity contribution in [2.24, 2.45) is 0 Å². The van der Waals surface area contributed by atoms with Crippen LogP contribution in [-0.4, -0.2) is 68.0 Å². The van der Waals surface area contributed by atoms with Crippen molar-refractivity contribution < 1.29 is 14.3 Å². The minimum atomic E-state index is -0.130. The van der Waals surface area contributed by atoms with Gasteiger partial charge in [0, 0.05) is 38.3 Å². The van der Waals surface area contributed by atoms with E-state index in [1.807, 2.05) is 11.8 Å². The first kappa shape index (κ1) is 17.3. The van der Waals surface area contributed by atoms with Gasteiger partial charge in [-0.3, -0.25) is 9.59 Å². The van der Waals surface area contributed by atoms with E-state index < -0.39 is 0 Å². The SMILES string of the molecule is CCCN(CC(=O)N1CCNCC1)C(=O)c1cccc(OC)c1. The zero-order valence-corrected chi connectivity index (χ0v) is 13.9. The second kappa shape index (κ2) is 8.53. The summed E-state index contributed by atoms with van der Waals surface area (Å²) in [5.41, 5.74) is 0.547. The zero-order valence-electron chi connectivity index (χ0n) is 13.9. The van der Waals surface area contributed by atoms with E-state index in [4.69, 9.17) is 4.74 Å². The Morgan fingerprint density at radius 3 is 2.70 bits per heavy atom. The molecule has 23 heavy (non-hydrogen) atoms. The summed E-state index contributed by atoms with van der Waals surface area (Å²) >= 11 is 0. The average molecular weight is 319 g/mol. The van der Waals surface area contributed by atoms with Crippen LogP contribution in [-0.2, 0) is 4.79 Å². The molecule has 1 aliphatic heterocycles. The number of ether oxygens (including phenoxy) is 1. The average Bonchev–Trinajstić information content (AvgIpc) is 2.61.